The van der Waals surface area contributed by atoms with Crippen molar-refractivity contribution in [3.63, 3.8) is 0 Å². The molecule has 11 heteroatoms. The SMILES string of the molecule is O=C(CCNS(=O)(=O)c1ccc(F)cc1)NCCNc1ccc([N+](=O)[O-])cc1. The van der Waals surface area contributed by atoms with Crippen molar-refractivity contribution in [1.29, 1.82) is 0 Å². The van der Waals surface area contributed by atoms with Crippen molar-refractivity contribution < 1.29 is 22.5 Å². The number of anilines is 1. The summed E-state index contributed by atoms with van der Waals surface area (Å²) < 4.78 is 39.1. The first-order valence-corrected chi connectivity index (χ1v) is 9.76. The molecule has 28 heavy (non-hydrogen) atoms. The number of nitro benzene ring substituents is 1. The van der Waals surface area contributed by atoms with E-state index in [2.05, 4.69) is 15.4 Å². The number of benzene rings is 2. The first kappa shape index (κ1) is 21.3. The maximum absolute atomic E-state index is 12.8. The number of amides is 1. The minimum absolute atomic E-state index is 0.0121. The van der Waals surface area contributed by atoms with Gasteiger partial charge in [0.2, 0.25) is 15.9 Å². The summed E-state index contributed by atoms with van der Waals surface area (Å²) in [6.45, 7) is 0.590. The zero-order valence-corrected chi connectivity index (χ0v) is 15.5. The second-order valence-corrected chi connectivity index (χ2v) is 7.45. The number of nitrogens with one attached hydrogen (secondary N) is 3. The van der Waals surface area contributed by atoms with E-state index in [9.17, 15) is 27.7 Å². The number of sulfonamides is 1. The topological polar surface area (TPSA) is 130 Å². The fourth-order valence-corrected chi connectivity index (χ4v) is 3.23. The Bertz CT molecular complexity index is 918. The van der Waals surface area contributed by atoms with Crippen LogP contribution in [-0.4, -0.2) is 38.9 Å². The first-order chi connectivity index (χ1) is 13.3. The van der Waals surface area contributed by atoms with Crippen molar-refractivity contribution in [1.82, 2.24) is 10.0 Å². The van der Waals surface area contributed by atoms with E-state index < -0.39 is 20.8 Å². The number of halogens is 1. The average molecular weight is 410 g/mol. The van der Waals surface area contributed by atoms with E-state index in [-0.39, 0.29) is 29.5 Å². The Balaban J connectivity index is 1.66. The van der Waals surface area contributed by atoms with Gasteiger partial charge in [-0.1, -0.05) is 0 Å². The van der Waals surface area contributed by atoms with Crippen LogP contribution in [0.4, 0.5) is 15.8 Å². The molecule has 0 saturated carbocycles. The quantitative estimate of drug-likeness (QED) is 0.310. The van der Waals surface area contributed by atoms with Crippen LogP contribution in [0.2, 0.25) is 0 Å². The van der Waals surface area contributed by atoms with Crippen LogP contribution in [0.5, 0.6) is 0 Å². The molecule has 2 aromatic rings. The van der Waals surface area contributed by atoms with Gasteiger partial charge in [0.05, 0.1) is 9.82 Å². The minimum Gasteiger partial charge on any atom is -0.383 e. The predicted molar refractivity (Wildman–Crippen MR) is 101 cm³/mol. The van der Waals surface area contributed by atoms with Gasteiger partial charge in [-0.25, -0.2) is 17.5 Å². The highest BCUT2D eigenvalue weighted by atomic mass is 32.2. The molecule has 2 aromatic carbocycles. The first-order valence-electron chi connectivity index (χ1n) is 8.28. The van der Waals surface area contributed by atoms with E-state index in [0.29, 0.717) is 18.8 Å². The van der Waals surface area contributed by atoms with Crippen molar-refractivity contribution in [2.45, 2.75) is 11.3 Å². The molecule has 0 aliphatic rings. The normalized spacial score (nSPS) is 11.0. The lowest BCUT2D eigenvalue weighted by Crippen LogP contribution is -2.33. The molecule has 0 radical (unpaired) electrons. The molecule has 0 aliphatic carbocycles. The second-order valence-electron chi connectivity index (χ2n) is 5.68. The maximum Gasteiger partial charge on any atom is 0.269 e. The summed E-state index contributed by atoms with van der Waals surface area (Å²) in [6.07, 6.45) is -0.0576. The molecule has 0 aromatic heterocycles. The predicted octanol–water partition coefficient (Wildman–Crippen LogP) is 1.63. The van der Waals surface area contributed by atoms with Crippen LogP contribution in [0.25, 0.3) is 0 Å². The van der Waals surface area contributed by atoms with E-state index in [4.69, 9.17) is 0 Å². The lowest BCUT2D eigenvalue weighted by atomic mass is 10.3. The van der Waals surface area contributed by atoms with Crippen LogP contribution in [0.3, 0.4) is 0 Å². The lowest BCUT2D eigenvalue weighted by molar-refractivity contribution is -0.384. The fraction of sp³-hybridized carbons (Fsp3) is 0.235. The van der Waals surface area contributed by atoms with Gasteiger partial charge in [0.1, 0.15) is 5.82 Å². The summed E-state index contributed by atoms with van der Waals surface area (Å²) in [6, 6.07) is 10.2. The summed E-state index contributed by atoms with van der Waals surface area (Å²) in [5, 5.41) is 16.2. The number of hydrogen-bond acceptors (Lipinski definition) is 6. The van der Waals surface area contributed by atoms with Crippen molar-refractivity contribution >= 4 is 27.3 Å². The number of nitrogens with zero attached hydrogens (tertiary/aromatic N) is 1. The molecule has 2 rings (SSSR count). The van der Waals surface area contributed by atoms with Gasteiger partial charge in [0.25, 0.3) is 5.69 Å². The van der Waals surface area contributed by atoms with Crippen LogP contribution in [-0.2, 0) is 14.8 Å². The van der Waals surface area contributed by atoms with Gasteiger partial charge < -0.3 is 10.6 Å². The third-order valence-corrected chi connectivity index (χ3v) is 5.10. The fourth-order valence-electron chi connectivity index (χ4n) is 2.19. The Hall–Kier alpha value is -3.05. The van der Waals surface area contributed by atoms with Crippen LogP contribution in [0.15, 0.2) is 53.4 Å². The van der Waals surface area contributed by atoms with E-state index >= 15 is 0 Å². The van der Waals surface area contributed by atoms with Gasteiger partial charge in [-0.05, 0) is 36.4 Å². The summed E-state index contributed by atoms with van der Waals surface area (Å²) >= 11 is 0. The van der Waals surface area contributed by atoms with Crippen LogP contribution < -0.4 is 15.4 Å². The van der Waals surface area contributed by atoms with Gasteiger partial charge in [-0.2, -0.15) is 0 Å². The standard InChI is InChI=1S/C17H19FN4O5S/c18-13-1-7-16(8-2-13)28(26,27)21-10-9-17(23)20-12-11-19-14-3-5-15(6-4-14)22(24)25/h1-8,19,21H,9-12H2,(H,20,23). The third kappa shape index (κ3) is 6.59. The van der Waals surface area contributed by atoms with Gasteiger partial charge in [-0.3, -0.25) is 14.9 Å². The number of carbonyl (C=O) groups excluding carboxylic acids is 1. The zero-order chi connectivity index (χ0) is 20.6. The summed E-state index contributed by atoms with van der Waals surface area (Å²) in [5.74, 6) is -0.882. The Morgan fingerprint density at radius 2 is 1.64 bits per heavy atom. The minimum atomic E-state index is -3.80. The van der Waals surface area contributed by atoms with E-state index in [0.717, 1.165) is 24.3 Å². The lowest BCUT2D eigenvalue weighted by Gasteiger charge is -2.09. The van der Waals surface area contributed by atoms with Gasteiger partial charge in [-0.15, -0.1) is 0 Å². The Kier molecular flexibility index (Phi) is 7.41. The molecule has 9 nitrogen and oxygen atoms in total. The highest BCUT2D eigenvalue weighted by Crippen LogP contribution is 2.14. The third-order valence-electron chi connectivity index (χ3n) is 3.62. The van der Waals surface area contributed by atoms with E-state index in [1.165, 1.54) is 12.1 Å². The number of nitro groups is 1. The summed E-state index contributed by atoms with van der Waals surface area (Å²) in [5.41, 5.74) is 0.661. The molecule has 0 saturated heterocycles. The maximum atomic E-state index is 12.8. The van der Waals surface area contributed by atoms with E-state index in [1.54, 1.807) is 12.1 Å². The van der Waals surface area contributed by atoms with Crippen molar-refractivity contribution in [3.05, 3.63) is 64.5 Å². The molecule has 0 unspecified atom stereocenters. The van der Waals surface area contributed by atoms with E-state index in [1.807, 2.05) is 0 Å². The van der Waals surface area contributed by atoms with Gasteiger partial charge >= 0.3 is 0 Å². The molecular weight excluding hydrogens is 391 g/mol. The second kappa shape index (κ2) is 9.76. The molecule has 0 aliphatic heterocycles. The van der Waals surface area contributed by atoms with Crippen molar-refractivity contribution in [3.8, 4) is 0 Å². The van der Waals surface area contributed by atoms with Crippen LogP contribution in [0.1, 0.15) is 6.42 Å². The highest BCUT2D eigenvalue weighted by molar-refractivity contribution is 7.89. The Morgan fingerprint density at radius 1 is 1.00 bits per heavy atom. The van der Waals surface area contributed by atoms with Gasteiger partial charge in [0.15, 0.2) is 0 Å². The molecule has 0 fully saturated rings. The summed E-state index contributed by atoms with van der Waals surface area (Å²) in [7, 11) is -3.80. The zero-order valence-electron chi connectivity index (χ0n) is 14.7. The molecule has 0 heterocycles. The van der Waals surface area contributed by atoms with Crippen molar-refractivity contribution in [2.24, 2.45) is 0 Å². The molecular formula is C17H19FN4O5S. The molecule has 0 bridgehead atoms. The summed E-state index contributed by atoms with van der Waals surface area (Å²) in [4.78, 5) is 21.7. The highest BCUT2D eigenvalue weighted by Gasteiger charge is 2.14. The average Bonchev–Trinajstić information content (AvgIpc) is 2.66. The van der Waals surface area contributed by atoms with Gasteiger partial charge in [0, 0.05) is 43.9 Å². The Labute approximate surface area is 161 Å². The smallest absolute Gasteiger partial charge is 0.269 e. The largest absolute Gasteiger partial charge is 0.383 e. The molecule has 150 valence electrons. The van der Waals surface area contributed by atoms with Crippen LogP contribution >= 0.6 is 0 Å². The number of carbonyl (C=O) groups is 1. The molecule has 3 N–H and O–H groups in total. The number of hydrogen-bond donors (Lipinski definition) is 3. The van der Waals surface area contributed by atoms with Crippen molar-refractivity contribution in [2.75, 3.05) is 25.0 Å². The Morgan fingerprint density at radius 3 is 2.25 bits per heavy atom. The molecule has 1 amide bonds. The molecule has 0 atom stereocenters. The monoisotopic (exact) mass is 410 g/mol. The number of non-ortho nitro benzene ring substituents is 1. The number of rotatable bonds is 10. The molecule has 0 spiro atoms. The van der Waals surface area contributed by atoms with Crippen LogP contribution in [0, 0.1) is 15.9 Å².